The Morgan fingerprint density at radius 2 is 1.96 bits per heavy atom. The molecular weight excluding hydrogens is 350 g/mol. The Morgan fingerprint density at radius 3 is 2.75 bits per heavy atom. The normalized spacial score (nSPS) is 15.8. The molecule has 1 aliphatic heterocycles. The van der Waals surface area contributed by atoms with E-state index in [-0.39, 0.29) is 6.10 Å². The minimum atomic E-state index is 0.202. The van der Waals surface area contributed by atoms with Gasteiger partial charge in [-0.05, 0) is 31.0 Å². The van der Waals surface area contributed by atoms with Crippen LogP contribution in [0.3, 0.4) is 0 Å². The number of benzene rings is 2. The number of hydrogen-bond donors (Lipinski definition) is 2. The van der Waals surface area contributed by atoms with Crippen molar-refractivity contribution in [2.45, 2.75) is 18.9 Å². The molecular formula is C22H21N5O. The SMILES string of the molecule is N#Cc1cccc(Nc2cc(-c3ccccc3)nc(NCC3CCCO3)n2)c1. The largest absolute Gasteiger partial charge is 0.376 e. The Hall–Kier alpha value is -3.43. The van der Waals surface area contributed by atoms with Gasteiger partial charge in [-0.15, -0.1) is 0 Å². The van der Waals surface area contributed by atoms with E-state index in [0.29, 0.717) is 23.9 Å². The number of aromatic nitrogens is 2. The summed E-state index contributed by atoms with van der Waals surface area (Å²) in [6.07, 6.45) is 2.35. The van der Waals surface area contributed by atoms with Crippen LogP contribution in [0.15, 0.2) is 60.7 Å². The zero-order chi connectivity index (χ0) is 19.2. The molecule has 6 heteroatoms. The number of nitrogens with zero attached hydrogens (tertiary/aromatic N) is 3. The number of rotatable bonds is 6. The van der Waals surface area contributed by atoms with Gasteiger partial charge in [-0.3, -0.25) is 0 Å². The number of nitriles is 1. The van der Waals surface area contributed by atoms with E-state index in [9.17, 15) is 0 Å². The summed E-state index contributed by atoms with van der Waals surface area (Å²) in [7, 11) is 0. The highest BCUT2D eigenvalue weighted by Gasteiger charge is 2.16. The zero-order valence-electron chi connectivity index (χ0n) is 15.4. The van der Waals surface area contributed by atoms with E-state index < -0.39 is 0 Å². The average molecular weight is 371 g/mol. The van der Waals surface area contributed by atoms with Crippen molar-refractivity contribution in [2.75, 3.05) is 23.8 Å². The van der Waals surface area contributed by atoms with E-state index in [0.717, 1.165) is 36.4 Å². The first kappa shape index (κ1) is 18.0. The van der Waals surface area contributed by atoms with Crippen LogP contribution in [0, 0.1) is 11.3 Å². The lowest BCUT2D eigenvalue weighted by molar-refractivity contribution is 0.120. The van der Waals surface area contributed by atoms with Crippen molar-refractivity contribution in [1.29, 1.82) is 5.26 Å². The highest BCUT2D eigenvalue weighted by Crippen LogP contribution is 2.24. The van der Waals surface area contributed by atoms with E-state index in [1.165, 1.54) is 0 Å². The van der Waals surface area contributed by atoms with Gasteiger partial charge in [0.2, 0.25) is 5.95 Å². The second-order valence-electron chi connectivity index (χ2n) is 6.66. The Bertz CT molecular complexity index is 978. The predicted octanol–water partition coefficient (Wildman–Crippen LogP) is 4.35. The Balaban J connectivity index is 1.61. The molecule has 0 spiro atoms. The lowest BCUT2D eigenvalue weighted by atomic mass is 10.1. The summed E-state index contributed by atoms with van der Waals surface area (Å²) < 4.78 is 5.68. The van der Waals surface area contributed by atoms with Crippen molar-refractivity contribution in [3.05, 3.63) is 66.2 Å². The lowest BCUT2D eigenvalue weighted by Gasteiger charge is -2.14. The van der Waals surface area contributed by atoms with Gasteiger partial charge in [0, 0.05) is 30.5 Å². The fourth-order valence-electron chi connectivity index (χ4n) is 3.17. The van der Waals surface area contributed by atoms with Gasteiger partial charge in [0.05, 0.1) is 23.4 Å². The lowest BCUT2D eigenvalue weighted by Crippen LogP contribution is -2.20. The molecule has 0 aliphatic carbocycles. The first-order valence-electron chi connectivity index (χ1n) is 9.37. The van der Waals surface area contributed by atoms with E-state index in [2.05, 4.69) is 26.7 Å². The molecule has 0 bridgehead atoms. The minimum Gasteiger partial charge on any atom is -0.376 e. The van der Waals surface area contributed by atoms with Gasteiger partial charge in [-0.2, -0.15) is 10.2 Å². The molecule has 1 saturated heterocycles. The number of ether oxygens (including phenoxy) is 1. The van der Waals surface area contributed by atoms with Crippen molar-refractivity contribution >= 4 is 17.5 Å². The first-order valence-corrected chi connectivity index (χ1v) is 9.37. The molecule has 0 radical (unpaired) electrons. The quantitative estimate of drug-likeness (QED) is 0.670. The van der Waals surface area contributed by atoms with Crippen molar-refractivity contribution in [2.24, 2.45) is 0 Å². The monoisotopic (exact) mass is 371 g/mol. The zero-order valence-corrected chi connectivity index (χ0v) is 15.4. The molecule has 4 rings (SSSR count). The molecule has 28 heavy (non-hydrogen) atoms. The second kappa shape index (κ2) is 8.51. The van der Waals surface area contributed by atoms with Crippen molar-refractivity contribution in [1.82, 2.24) is 9.97 Å². The van der Waals surface area contributed by atoms with Gasteiger partial charge in [-0.25, -0.2) is 4.98 Å². The van der Waals surface area contributed by atoms with Crippen LogP contribution in [-0.2, 0) is 4.74 Å². The van der Waals surface area contributed by atoms with E-state index in [1.54, 1.807) is 12.1 Å². The molecule has 3 aromatic rings. The van der Waals surface area contributed by atoms with E-state index in [1.807, 2.05) is 48.5 Å². The summed E-state index contributed by atoms with van der Waals surface area (Å²) in [5, 5.41) is 15.7. The summed E-state index contributed by atoms with van der Waals surface area (Å²) >= 11 is 0. The second-order valence-corrected chi connectivity index (χ2v) is 6.66. The summed E-state index contributed by atoms with van der Waals surface area (Å²) in [6.45, 7) is 1.50. The Morgan fingerprint density at radius 1 is 1.07 bits per heavy atom. The Kier molecular flexibility index (Phi) is 5.46. The Labute approximate surface area is 164 Å². The molecule has 2 heterocycles. The molecule has 1 fully saturated rings. The van der Waals surface area contributed by atoms with Gasteiger partial charge >= 0.3 is 0 Å². The maximum Gasteiger partial charge on any atom is 0.225 e. The van der Waals surface area contributed by atoms with Crippen LogP contribution in [0.1, 0.15) is 18.4 Å². The highest BCUT2D eigenvalue weighted by molar-refractivity contribution is 5.67. The molecule has 0 saturated carbocycles. The average Bonchev–Trinajstić information content (AvgIpc) is 3.27. The molecule has 1 aliphatic rings. The maximum absolute atomic E-state index is 9.11. The molecule has 1 unspecified atom stereocenters. The van der Waals surface area contributed by atoms with E-state index >= 15 is 0 Å². The van der Waals surface area contributed by atoms with Crippen LogP contribution in [0.25, 0.3) is 11.3 Å². The van der Waals surface area contributed by atoms with Crippen molar-refractivity contribution < 1.29 is 4.74 Å². The van der Waals surface area contributed by atoms with Crippen LogP contribution >= 0.6 is 0 Å². The summed E-state index contributed by atoms with van der Waals surface area (Å²) in [6, 6.07) is 21.4. The van der Waals surface area contributed by atoms with Crippen LogP contribution in [-0.4, -0.2) is 29.2 Å². The number of anilines is 3. The minimum absolute atomic E-state index is 0.202. The molecule has 2 N–H and O–H groups in total. The van der Waals surface area contributed by atoms with E-state index in [4.69, 9.17) is 10.00 Å². The fraction of sp³-hybridized carbons (Fsp3) is 0.227. The van der Waals surface area contributed by atoms with Gasteiger partial charge < -0.3 is 15.4 Å². The van der Waals surface area contributed by atoms with Gasteiger partial charge in [-0.1, -0.05) is 36.4 Å². The highest BCUT2D eigenvalue weighted by atomic mass is 16.5. The molecule has 6 nitrogen and oxygen atoms in total. The molecule has 1 aromatic heterocycles. The van der Waals surface area contributed by atoms with Gasteiger partial charge in [0.25, 0.3) is 0 Å². The number of hydrogen-bond acceptors (Lipinski definition) is 6. The third-order valence-electron chi connectivity index (χ3n) is 4.57. The molecule has 2 aromatic carbocycles. The number of nitrogens with one attached hydrogen (secondary N) is 2. The van der Waals surface area contributed by atoms with Crippen LogP contribution in [0.4, 0.5) is 17.5 Å². The van der Waals surface area contributed by atoms with Crippen molar-refractivity contribution in [3.8, 4) is 17.3 Å². The summed E-state index contributed by atoms with van der Waals surface area (Å²) in [5.41, 5.74) is 3.24. The summed E-state index contributed by atoms with van der Waals surface area (Å²) in [5.74, 6) is 1.22. The topological polar surface area (TPSA) is 82.9 Å². The first-order chi connectivity index (χ1) is 13.8. The third-order valence-corrected chi connectivity index (χ3v) is 4.57. The predicted molar refractivity (Wildman–Crippen MR) is 109 cm³/mol. The van der Waals surface area contributed by atoms with Crippen LogP contribution in [0.2, 0.25) is 0 Å². The fourth-order valence-corrected chi connectivity index (χ4v) is 3.17. The molecule has 1 atom stereocenters. The summed E-state index contributed by atoms with van der Waals surface area (Å²) in [4.78, 5) is 9.27. The van der Waals surface area contributed by atoms with Gasteiger partial charge in [0.1, 0.15) is 5.82 Å². The van der Waals surface area contributed by atoms with Crippen molar-refractivity contribution in [3.63, 3.8) is 0 Å². The third kappa shape index (κ3) is 4.45. The standard InChI is InChI=1S/C22H21N5O/c23-14-16-6-4-9-18(12-16)25-21-13-20(17-7-2-1-3-8-17)26-22(27-21)24-15-19-10-5-11-28-19/h1-4,6-9,12-13,19H,5,10-11,15H2,(H2,24,25,26,27). The van der Waals surface area contributed by atoms with Crippen LogP contribution < -0.4 is 10.6 Å². The maximum atomic E-state index is 9.11. The molecule has 140 valence electrons. The van der Waals surface area contributed by atoms with Gasteiger partial charge in [0.15, 0.2) is 0 Å². The smallest absolute Gasteiger partial charge is 0.225 e. The van der Waals surface area contributed by atoms with Crippen LogP contribution in [0.5, 0.6) is 0 Å². The molecule has 0 amide bonds.